The lowest BCUT2D eigenvalue weighted by atomic mass is 9.82. The highest BCUT2D eigenvalue weighted by Crippen LogP contribution is 2.31. The Labute approximate surface area is 135 Å². The summed E-state index contributed by atoms with van der Waals surface area (Å²) in [6.45, 7) is 18.2. The Morgan fingerprint density at radius 1 is 1.09 bits per heavy atom. The van der Waals surface area contributed by atoms with Gasteiger partial charge in [0, 0.05) is 0 Å². The molecule has 0 spiro atoms. The monoisotopic (exact) mass is 311 g/mol. The number of hydrogen-bond acceptors (Lipinski definition) is 4. The predicted molar refractivity (Wildman–Crippen MR) is 88.8 cm³/mol. The first-order valence-electron chi connectivity index (χ1n) is 8.14. The van der Waals surface area contributed by atoms with E-state index in [1.54, 1.807) is 0 Å². The zero-order valence-corrected chi connectivity index (χ0v) is 15.5. The van der Waals surface area contributed by atoms with Gasteiger partial charge < -0.3 is 9.47 Å². The smallest absolute Gasteiger partial charge is 0.108 e. The minimum atomic E-state index is -0.0597. The van der Waals surface area contributed by atoms with Crippen molar-refractivity contribution in [2.75, 3.05) is 6.61 Å². The van der Waals surface area contributed by atoms with Crippen LogP contribution in [0.15, 0.2) is 6.20 Å². The van der Waals surface area contributed by atoms with Crippen LogP contribution in [0, 0.1) is 5.41 Å². The summed E-state index contributed by atoms with van der Waals surface area (Å²) in [6.07, 6.45) is 3.30. The fraction of sp³-hybridized carbons (Fsp3) is 0.882. The topological polar surface area (TPSA) is 49.2 Å². The normalized spacial score (nSPS) is 14.6. The lowest BCUT2D eigenvalue weighted by molar-refractivity contribution is -0.0339. The lowest BCUT2D eigenvalue weighted by Gasteiger charge is -2.32. The average Bonchev–Trinajstić information content (AvgIpc) is 2.80. The van der Waals surface area contributed by atoms with Crippen LogP contribution in [0.1, 0.15) is 67.5 Å². The fourth-order valence-electron chi connectivity index (χ4n) is 2.64. The van der Waals surface area contributed by atoms with Gasteiger partial charge in [-0.3, -0.25) is 0 Å². The molecule has 1 atom stereocenters. The summed E-state index contributed by atoms with van der Waals surface area (Å²) in [7, 11) is 0. The van der Waals surface area contributed by atoms with Gasteiger partial charge in [-0.2, -0.15) is 0 Å². The van der Waals surface area contributed by atoms with E-state index in [2.05, 4.69) is 44.9 Å². The Morgan fingerprint density at radius 2 is 1.73 bits per heavy atom. The zero-order chi connectivity index (χ0) is 17.0. The molecule has 0 aliphatic carbocycles. The molecule has 1 rings (SSSR count). The van der Waals surface area contributed by atoms with Crippen LogP contribution in [0.5, 0.6) is 0 Å². The molecule has 0 aromatic carbocycles. The Kier molecular flexibility index (Phi) is 6.56. The molecule has 5 nitrogen and oxygen atoms in total. The SMILES string of the molecule is CC(C)OCC(C)OCc1cn(C(C)(C)CC(C)(C)C)nn1. The molecule has 0 amide bonds. The maximum atomic E-state index is 5.76. The second kappa shape index (κ2) is 7.55. The third-order valence-corrected chi connectivity index (χ3v) is 3.30. The Morgan fingerprint density at radius 3 is 2.27 bits per heavy atom. The molecule has 1 heterocycles. The Hall–Kier alpha value is -0.940. The van der Waals surface area contributed by atoms with Crippen molar-refractivity contribution < 1.29 is 9.47 Å². The van der Waals surface area contributed by atoms with Gasteiger partial charge >= 0.3 is 0 Å². The summed E-state index contributed by atoms with van der Waals surface area (Å²) >= 11 is 0. The maximum absolute atomic E-state index is 5.76. The van der Waals surface area contributed by atoms with E-state index in [1.165, 1.54) is 0 Å². The zero-order valence-electron chi connectivity index (χ0n) is 15.5. The minimum Gasteiger partial charge on any atom is -0.376 e. The van der Waals surface area contributed by atoms with Gasteiger partial charge in [0.15, 0.2) is 0 Å². The lowest BCUT2D eigenvalue weighted by Crippen LogP contribution is -2.32. The van der Waals surface area contributed by atoms with E-state index >= 15 is 0 Å². The van der Waals surface area contributed by atoms with Crippen LogP contribution in [0.2, 0.25) is 0 Å². The van der Waals surface area contributed by atoms with E-state index < -0.39 is 0 Å². The molecule has 0 N–H and O–H groups in total. The van der Waals surface area contributed by atoms with Crippen LogP contribution >= 0.6 is 0 Å². The molecule has 0 saturated heterocycles. The average molecular weight is 311 g/mol. The van der Waals surface area contributed by atoms with E-state index in [1.807, 2.05) is 31.6 Å². The van der Waals surface area contributed by atoms with Crippen molar-refractivity contribution in [2.24, 2.45) is 5.41 Å². The number of ether oxygens (including phenoxy) is 2. The van der Waals surface area contributed by atoms with Gasteiger partial charge in [-0.25, -0.2) is 4.68 Å². The summed E-state index contributed by atoms with van der Waals surface area (Å²) in [6, 6.07) is 0. The number of rotatable bonds is 8. The van der Waals surface area contributed by atoms with Crippen molar-refractivity contribution in [3.05, 3.63) is 11.9 Å². The van der Waals surface area contributed by atoms with Crippen LogP contribution in [0.25, 0.3) is 0 Å². The van der Waals surface area contributed by atoms with Crippen molar-refractivity contribution >= 4 is 0 Å². The molecule has 22 heavy (non-hydrogen) atoms. The van der Waals surface area contributed by atoms with Crippen LogP contribution in [-0.4, -0.2) is 33.8 Å². The van der Waals surface area contributed by atoms with Crippen molar-refractivity contribution in [1.82, 2.24) is 15.0 Å². The first-order valence-corrected chi connectivity index (χ1v) is 8.14. The Balaban J connectivity index is 2.54. The molecular weight excluding hydrogens is 278 g/mol. The minimum absolute atomic E-state index is 0.0511. The number of nitrogens with zero attached hydrogens (tertiary/aromatic N) is 3. The van der Waals surface area contributed by atoms with Gasteiger partial charge in [0.1, 0.15) is 5.69 Å². The quantitative estimate of drug-likeness (QED) is 0.733. The van der Waals surface area contributed by atoms with Gasteiger partial charge in [0.25, 0.3) is 0 Å². The van der Waals surface area contributed by atoms with Gasteiger partial charge in [0.05, 0.1) is 37.2 Å². The fourth-order valence-corrected chi connectivity index (χ4v) is 2.64. The molecule has 0 aliphatic rings. The highest BCUT2D eigenvalue weighted by Gasteiger charge is 2.28. The highest BCUT2D eigenvalue weighted by molar-refractivity contribution is 4.94. The van der Waals surface area contributed by atoms with E-state index in [4.69, 9.17) is 9.47 Å². The summed E-state index contributed by atoms with van der Waals surface area (Å²) in [5.41, 5.74) is 1.04. The molecule has 0 radical (unpaired) electrons. The second-order valence-corrected chi connectivity index (χ2v) is 8.21. The summed E-state index contributed by atoms with van der Waals surface area (Å²) < 4.78 is 13.3. The first-order chi connectivity index (χ1) is 9.99. The molecule has 128 valence electrons. The van der Waals surface area contributed by atoms with Gasteiger partial charge in [-0.1, -0.05) is 26.0 Å². The molecule has 0 bridgehead atoms. The number of hydrogen-bond donors (Lipinski definition) is 0. The van der Waals surface area contributed by atoms with Crippen LogP contribution < -0.4 is 0 Å². The van der Waals surface area contributed by atoms with E-state index in [0.29, 0.717) is 13.2 Å². The molecule has 0 fully saturated rings. The standard InChI is InChI=1S/C17H33N3O2/c1-13(2)21-10-14(3)22-11-15-9-20(19-18-15)17(7,8)12-16(4,5)6/h9,13-14H,10-12H2,1-8H3. The highest BCUT2D eigenvalue weighted by atomic mass is 16.5. The van der Waals surface area contributed by atoms with E-state index in [9.17, 15) is 0 Å². The third kappa shape index (κ3) is 6.88. The molecule has 5 heteroatoms. The van der Waals surface area contributed by atoms with Crippen LogP contribution in [0.4, 0.5) is 0 Å². The van der Waals surface area contributed by atoms with Crippen molar-refractivity contribution in [3.63, 3.8) is 0 Å². The molecular formula is C17H33N3O2. The van der Waals surface area contributed by atoms with E-state index in [-0.39, 0.29) is 23.2 Å². The molecule has 0 saturated carbocycles. The van der Waals surface area contributed by atoms with Gasteiger partial charge in [0.2, 0.25) is 0 Å². The summed E-state index contributed by atoms with van der Waals surface area (Å²) in [5, 5.41) is 8.51. The molecule has 1 aromatic rings. The van der Waals surface area contributed by atoms with Crippen molar-refractivity contribution in [3.8, 4) is 0 Å². The predicted octanol–water partition coefficient (Wildman–Crippen LogP) is 3.78. The maximum Gasteiger partial charge on any atom is 0.108 e. The summed E-state index contributed by atoms with van der Waals surface area (Å²) in [5.74, 6) is 0. The van der Waals surface area contributed by atoms with E-state index in [0.717, 1.165) is 12.1 Å². The molecule has 1 aromatic heterocycles. The van der Waals surface area contributed by atoms with Gasteiger partial charge in [-0.05, 0) is 46.5 Å². The first kappa shape index (κ1) is 19.1. The van der Waals surface area contributed by atoms with Crippen molar-refractivity contribution in [2.45, 2.75) is 86.2 Å². The molecule has 0 aliphatic heterocycles. The second-order valence-electron chi connectivity index (χ2n) is 8.21. The van der Waals surface area contributed by atoms with Crippen LogP contribution in [-0.2, 0) is 21.6 Å². The van der Waals surface area contributed by atoms with Crippen molar-refractivity contribution in [1.29, 1.82) is 0 Å². The number of aromatic nitrogens is 3. The van der Waals surface area contributed by atoms with Gasteiger partial charge in [-0.15, -0.1) is 5.10 Å². The van der Waals surface area contributed by atoms with Crippen LogP contribution in [0.3, 0.4) is 0 Å². The molecule has 1 unspecified atom stereocenters. The Bertz CT molecular complexity index is 447. The third-order valence-electron chi connectivity index (χ3n) is 3.30. The summed E-state index contributed by atoms with van der Waals surface area (Å²) in [4.78, 5) is 0. The largest absolute Gasteiger partial charge is 0.376 e.